The molecule has 2 heterocycles. The number of piperidine rings is 1. The first-order valence-electron chi connectivity index (χ1n) is 7.32. The molecule has 0 aliphatic carbocycles. The second-order valence-corrected chi connectivity index (χ2v) is 6.75. The Bertz CT molecular complexity index is 721. The molecule has 0 saturated carbocycles. The minimum absolute atomic E-state index is 0.00504. The molecule has 1 aliphatic heterocycles. The van der Waals surface area contributed by atoms with Crippen LogP contribution in [0.15, 0.2) is 36.8 Å². The highest BCUT2D eigenvalue weighted by atomic mass is 16.2. The zero-order valence-corrected chi connectivity index (χ0v) is 12.8. The van der Waals surface area contributed by atoms with Gasteiger partial charge >= 0.3 is 0 Å². The first-order valence-corrected chi connectivity index (χ1v) is 7.32. The lowest BCUT2D eigenvalue weighted by molar-refractivity contribution is -0.124. The Kier molecular flexibility index (Phi) is 3.12. The number of carbonyl (C=O) groups excluding carboxylic acids is 1. The van der Waals surface area contributed by atoms with E-state index in [1.165, 1.54) is 5.56 Å². The highest BCUT2D eigenvalue weighted by molar-refractivity contribution is 5.86. The molecule has 1 aromatic heterocycles. The summed E-state index contributed by atoms with van der Waals surface area (Å²) in [4.78, 5) is 16.6. The van der Waals surface area contributed by atoms with Gasteiger partial charge in [0.2, 0.25) is 5.91 Å². The van der Waals surface area contributed by atoms with Crippen LogP contribution in [0.4, 0.5) is 0 Å². The monoisotopic (exact) mass is 283 g/mol. The van der Waals surface area contributed by atoms with Gasteiger partial charge in [0.15, 0.2) is 0 Å². The standard InChI is InChI=1S/C17H21N3O/c1-11-5-7-15(16(21)19-11)20-10-18-13-9-12(17(2,3)4)6-8-14(13)20/h6,8-10,15H,1,5,7H2,2-4H3,(H,19,21). The van der Waals surface area contributed by atoms with E-state index in [4.69, 9.17) is 0 Å². The third kappa shape index (κ3) is 2.46. The van der Waals surface area contributed by atoms with Gasteiger partial charge in [-0.1, -0.05) is 33.4 Å². The van der Waals surface area contributed by atoms with E-state index in [9.17, 15) is 4.79 Å². The summed E-state index contributed by atoms with van der Waals surface area (Å²) in [7, 11) is 0. The number of fused-ring (bicyclic) bond motifs is 1. The van der Waals surface area contributed by atoms with Crippen LogP contribution in [0.1, 0.15) is 45.2 Å². The van der Waals surface area contributed by atoms with Crippen molar-refractivity contribution >= 4 is 16.9 Å². The Labute approximate surface area is 124 Å². The molecule has 1 aromatic carbocycles. The fourth-order valence-electron chi connectivity index (χ4n) is 2.77. The molecular weight excluding hydrogens is 262 g/mol. The summed E-state index contributed by atoms with van der Waals surface area (Å²) in [5.41, 5.74) is 4.10. The van der Waals surface area contributed by atoms with Crippen LogP contribution in [0.3, 0.4) is 0 Å². The molecule has 3 rings (SSSR count). The van der Waals surface area contributed by atoms with Crippen molar-refractivity contribution in [2.75, 3.05) is 0 Å². The van der Waals surface area contributed by atoms with Crippen molar-refractivity contribution in [3.05, 3.63) is 42.4 Å². The maximum absolute atomic E-state index is 12.2. The maximum atomic E-state index is 12.2. The minimum atomic E-state index is -0.194. The number of carbonyl (C=O) groups is 1. The third-order valence-electron chi connectivity index (χ3n) is 4.10. The Balaban J connectivity index is 2.01. The third-order valence-corrected chi connectivity index (χ3v) is 4.10. The van der Waals surface area contributed by atoms with Crippen LogP contribution < -0.4 is 5.32 Å². The van der Waals surface area contributed by atoms with Crippen molar-refractivity contribution in [2.24, 2.45) is 0 Å². The first-order chi connectivity index (χ1) is 9.86. The average molecular weight is 283 g/mol. The quantitative estimate of drug-likeness (QED) is 0.873. The van der Waals surface area contributed by atoms with E-state index >= 15 is 0 Å². The van der Waals surface area contributed by atoms with Crippen molar-refractivity contribution in [3.63, 3.8) is 0 Å². The lowest BCUT2D eigenvalue weighted by atomic mass is 9.87. The van der Waals surface area contributed by atoms with Crippen LogP contribution >= 0.6 is 0 Å². The number of hydrogen-bond acceptors (Lipinski definition) is 2. The predicted molar refractivity (Wildman–Crippen MR) is 84.0 cm³/mol. The van der Waals surface area contributed by atoms with Gasteiger partial charge in [-0.25, -0.2) is 4.98 Å². The fourth-order valence-corrected chi connectivity index (χ4v) is 2.77. The summed E-state index contributed by atoms with van der Waals surface area (Å²) in [5, 5.41) is 2.84. The van der Waals surface area contributed by atoms with Crippen molar-refractivity contribution in [1.82, 2.24) is 14.9 Å². The summed E-state index contributed by atoms with van der Waals surface area (Å²) in [6.45, 7) is 10.4. The molecule has 110 valence electrons. The second kappa shape index (κ2) is 4.72. The predicted octanol–water partition coefficient (Wildman–Crippen LogP) is 3.30. The number of allylic oxidation sites excluding steroid dienone is 1. The number of imidazole rings is 1. The molecule has 0 bridgehead atoms. The van der Waals surface area contributed by atoms with Crippen LogP contribution in [0.5, 0.6) is 0 Å². The van der Waals surface area contributed by atoms with Gasteiger partial charge in [0.1, 0.15) is 6.04 Å². The number of amides is 1. The van der Waals surface area contributed by atoms with Crippen LogP contribution in [-0.4, -0.2) is 15.5 Å². The number of aromatic nitrogens is 2. The molecule has 21 heavy (non-hydrogen) atoms. The van der Waals surface area contributed by atoms with E-state index in [2.05, 4.69) is 55.9 Å². The zero-order valence-electron chi connectivity index (χ0n) is 12.8. The van der Waals surface area contributed by atoms with Gasteiger partial charge in [-0.05, 0) is 36.0 Å². The van der Waals surface area contributed by atoms with E-state index in [-0.39, 0.29) is 17.4 Å². The Morgan fingerprint density at radius 2 is 2.14 bits per heavy atom. The Hall–Kier alpha value is -2.10. The zero-order chi connectivity index (χ0) is 15.2. The Morgan fingerprint density at radius 3 is 2.81 bits per heavy atom. The van der Waals surface area contributed by atoms with Crippen LogP contribution in [0.2, 0.25) is 0 Å². The van der Waals surface area contributed by atoms with Gasteiger partial charge in [-0.3, -0.25) is 4.79 Å². The van der Waals surface area contributed by atoms with E-state index < -0.39 is 0 Å². The molecule has 1 amide bonds. The summed E-state index contributed by atoms with van der Waals surface area (Å²) in [6.07, 6.45) is 3.36. The molecule has 1 atom stereocenters. The number of hydrogen-bond donors (Lipinski definition) is 1. The van der Waals surface area contributed by atoms with E-state index in [0.29, 0.717) is 0 Å². The lowest BCUT2D eigenvalue weighted by Gasteiger charge is -2.25. The summed E-state index contributed by atoms with van der Waals surface area (Å²) in [5.74, 6) is 0.00504. The minimum Gasteiger partial charge on any atom is -0.329 e. The molecule has 0 spiro atoms. The highest BCUT2D eigenvalue weighted by Crippen LogP contribution is 2.29. The molecular formula is C17H21N3O. The van der Waals surface area contributed by atoms with Crippen LogP contribution in [-0.2, 0) is 10.2 Å². The molecule has 1 unspecified atom stereocenters. The van der Waals surface area contributed by atoms with Crippen molar-refractivity contribution < 1.29 is 4.79 Å². The molecule has 1 saturated heterocycles. The maximum Gasteiger partial charge on any atom is 0.247 e. The topological polar surface area (TPSA) is 46.9 Å². The molecule has 1 N–H and O–H groups in total. The van der Waals surface area contributed by atoms with E-state index in [1.807, 2.05) is 4.57 Å². The molecule has 1 aliphatic rings. The normalized spacial score (nSPS) is 19.9. The number of nitrogens with zero attached hydrogens (tertiary/aromatic N) is 2. The lowest BCUT2D eigenvalue weighted by Crippen LogP contribution is -2.36. The fraction of sp³-hybridized carbons (Fsp3) is 0.412. The average Bonchev–Trinajstić information content (AvgIpc) is 2.80. The number of nitrogens with one attached hydrogen (secondary N) is 1. The molecule has 0 radical (unpaired) electrons. The van der Waals surface area contributed by atoms with Crippen LogP contribution in [0.25, 0.3) is 11.0 Å². The SMILES string of the molecule is C=C1CCC(n2cnc3cc(C(C)(C)C)ccc32)C(=O)N1. The summed E-state index contributed by atoms with van der Waals surface area (Å²) in [6, 6.07) is 6.12. The Morgan fingerprint density at radius 1 is 1.38 bits per heavy atom. The van der Waals surface area contributed by atoms with Crippen LogP contribution in [0, 0.1) is 0 Å². The van der Waals surface area contributed by atoms with Gasteiger partial charge in [-0.15, -0.1) is 0 Å². The molecule has 4 nitrogen and oxygen atoms in total. The van der Waals surface area contributed by atoms with Gasteiger partial charge in [0.25, 0.3) is 0 Å². The smallest absolute Gasteiger partial charge is 0.247 e. The van der Waals surface area contributed by atoms with Crippen molar-refractivity contribution in [3.8, 4) is 0 Å². The molecule has 2 aromatic rings. The molecule has 1 fully saturated rings. The summed E-state index contributed by atoms with van der Waals surface area (Å²) < 4.78 is 1.98. The first kappa shape index (κ1) is 13.9. The highest BCUT2D eigenvalue weighted by Gasteiger charge is 2.27. The second-order valence-electron chi connectivity index (χ2n) is 6.75. The largest absolute Gasteiger partial charge is 0.329 e. The van der Waals surface area contributed by atoms with Gasteiger partial charge in [0, 0.05) is 5.70 Å². The molecule has 4 heteroatoms. The van der Waals surface area contributed by atoms with E-state index in [0.717, 1.165) is 29.6 Å². The van der Waals surface area contributed by atoms with Crippen molar-refractivity contribution in [1.29, 1.82) is 0 Å². The van der Waals surface area contributed by atoms with Gasteiger partial charge < -0.3 is 9.88 Å². The number of benzene rings is 1. The number of rotatable bonds is 1. The summed E-state index contributed by atoms with van der Waals surface area (Å²) >= 11 is 0. The van der Waals surface area contributed by atoms with Crippen molar-refractivity contribution in [2.45, 2.75) is 45.1 Å². The van der Waals surface area contributed by atoms with Gasteiger partial charge in [0.05, 0.1) is 17.4 Å². The van der Waals surface area contributed by atoms with Gasteiger partial charge in [-0.2, -0.15) is 0 Å². The van der Waals surface area contributed by atoms with E-state index in [1.54, 1.807) is 6.33 Å².